The number of nitrogens with one attached hydrogen (secondary N) is 1. The summed E-state index contributed by atoms with van der Waals surface area (Å²) < 4.78 is 20.3. The molecule has 52 heavy (non-hydrogen) atoms. The number of benzene rings is 2. The summed E-state index contributed by atoms with van der Waals surface area (Å²) in [5, 5.41) is 27.1. The second-order valence-electron chi connectivity index (χ2n) is 14.9. The highest BCUT2D eigenvalue weighted by Crippen LogP contribution is 2.63. The van der Waals surface area contributed by atoms with Gasteiger partial charge in [0.05, 0.1) is 23.5 Å². The second-order valence-corrected chi connectivity index (χ2v) is 16.1. The monoisotopic (exact) mass is 732 g/mol. The first-order chi connectivity index (χ1) is 25.0. The van der Waals surface area contributed by atoms with E-state index in [0.29, 0.717) is 13.0 Å². The van der Waals surface area contributed by atoms with Crippen molar-refractivity contribution in [3.63, 3.8) is 0 Å². The van der Waals surface area contributed by atoms with Gasteiger partial charge in [0.2, 0.25) is 11.7 Å². The number of nitrogens with zero attached hydrogens (tertiary/aromatic N) is 1. The summed E-state index contributed by atoms with van der Waals surface area (Å²) >= 11 is 1.67. The van der Waals surface area contributed by atoms with Crippen molar-refractivity contribution in [3.05, 3.63) is 85.0 Å². The molecule has 1 aliphatic heterocycles. The van der Waals surface area contributed by atoms with E-state index in [1.807, 2.05) is 57.2 Å². The molecule has 6 atom stereocenters. The Hall–Kier alpha value is -3.57. The standard InChI is InChI=1S/C42H56N2O7S/c1-7-23-48-31-17-20-37-35(26-31)39-33(14-10-12-22-46)29(13-9-11-21-45)25-34-36(44-51-41(4,5)6)27-38(42(50-37,40(34)39)49-24-8-2)52-32-18-15-30(16-19-32)43-28(3)47/h7-8,15-20,25-26,29,33,38-40,45-46H,1-2,9-14,21-24,27H2,3-6H3,(H,43,47)/t29-,33+,38-,39+,40+,42+/m0/s1. The number of aliphatic hydroxyl groups is 2. The van der Waals surface area contributed by atoms with Crippen molar-refractivity contribution in [2.75, 3.05) is 31.7 Å². The Morgan fingerprint density at radius 1 is 1.04 bits per heavy atom. The Morgan fingerprint density at radius 2 is 1.75 bits per heavy atom. The molecule has 10 heteroatoms. The molecule has 2 aromatic rings. The molecule has 1 heterocycles. The zero-order valence-electron chi connectivity index (χ0n) is 31.1. The first-order valence-electron chi connectivity index (χ1n) is 18.6. The molecular weight excluding hydrogens is 677 g/mol. The summed E-state index contributed by atoms with van der Waals surface area (Å²) in [7, 11) is 0. The molecule has 2 aliphatic carbocycles. The average Bonchev–Trinajstić information content (AvgIpc) is 3.11. The van der Waals surface area contributed by atoms with E-state index < -0.39 is 11.4 Å². The van der Waals surface area contributed by atoms with Gasteiger partial charge in [0.15, 0.2) is 0 Å². The van der Waals surface area contributed by atoms with Crippen molar-refractivity contribution in [1.29, 1.82) is 0 Å². The number of ether oxygens (including phenoxy) is 3. The van der Waals surface area contributed by atoms with Crippen LogP contribution in [-0.2, 0) is 14.4 Å². The SMILES string of the molecule is C=CCOc1ccc2c(c1)[C@H]1[C@H](CCCCO)[C@@H](CCCCO)C=C3C(=NOC(C)(C)C)C[C@H](Sc4ccc(NC(C)=O)cc4)[C@@](OCC=C)(O2)[C@H]31. The number of amides is 1. The number of unbranched alkanes of at least 4 members (excludes halogenated alkanes) is 2. The summed E-state index contributed by atoms with van der Waals surface area (Å²) in [5.41, 5.74) is 3.25. The summed E-state index contributed by atoms with van der Waals surface area (Å²) in [6.07, 6.45) is 11.5. The maximum Gasteiger partial charge on any atom is 0.231 e. The lowest BCUT2D eigenvalue weighted by Gasteiger charge is -2.58. The van der Waals surface area contributed by atoms with Crippen molar-refractivity contribution < 1.29 is 34.1 Å². The number of hydrogen-bond donors (Lipinski definition) is 3. The van der Waals surface area contributed by atoms with Crippen LogP contribution in [0.15, 0.2) is 89.5 Å². The molecule has 3 N–H and O–H groups in total. The molecule has 0 spiro atoms. The van der Waals surface area contributed by atoms with E-state index in [2.05, 4.69) is 30.6 Å². The maximum atomic E-state index is 11.7. The predicted molar refractivity (Wildman–Crippen MR) is 208 cm³/mol. The van der Waals surface area contributed by atoms with Gasteiger partial charge in [-0.1, -0.05) is 42.8 Å². The molecule has 282 valence electrons. The normalized spacial score (nSPS) is 25.6. The Morgan fingerprint density at radius 3 is 2.40 bits per heavy atom. The van der Waals surface area contributed by atoms with Crippen molar-refractivity contribution in [3.8, 4) is 11.5 Å². The Kier molecular flexibility index (Phi) is 13.7. The molecule has 1 saturated carbocycles. The van der Waals surface area contributed by atoms with Crippen LogP contribution in [0.1, 0.15) is 84.1 Å². The number of rotatable bonds is 18. The Labute approximate surface area is 313 Å². The fourth-order valence-corrected chi connectivity index (χ4v) is 9.14. The fraction of sp³-hybridized carbons (Fsp3) is 0.524. The van der Waals surface area contributed by atoms with Crippen LogP contribution >= 0.6 is 11.8 Å². The van der Waals surface area contributed by atoms with Gasteiger partial charge in [-0.3, -0.25) is 4.79 Å². The van der Waals surface area contributed by atoms with E-state index in [1.165, 1.54) is 6.92 Å². The summed E-state index contributed by atoms with van der Waals surface area (Å²) in [6.45, 7) is 16.3. The minimum atomic E-state index is -1.10. The zero-order chi connectivity index (χ0) is 37.3. The average molecular weight is 733 g/mol. The van der Waals surface area contributed by atoms with Gasteiger partial charge < -0.3 is 34.6 Å². The van der Waals surface area contributed by atoms with Crippen molar-refractivity contribution >= 4 is 29.1 Å². The number of hydrogen-bond acceptors (Lipinski definition) is 9. The molecule has 0 radical (unpaired) electrons. The van der Waals surface area contributed by atoms with Crippen LogP contribution < -0.4 is 14.8 Å². The van der Waals surface area contributed by atoms with E-state index >= 15 is 0 Å². The third-order valence-electron chi connectivity index (χ3n) is 9.87. The van der Waals surface area contributed by atoms with Gasteiger partial charge in [0.25, 0.3) is 0 Å². The minimum absolute atomic E-state index is 0.0379. The molecule has 1 amide bonds. The Balaban J connectivity index is 1.73. The summed E-state index contributed by atoms with van der Waals surface area (Å²) in [5.74, 6) is 0.364. The first kappa shape index (κ1) is 39.6. The van der Waals surface area contributed by atoms with Crippen molar-refractivity contribution in [2.45, 2.75) is 100 Å². The van der Waals surface area contributed by atoms with Gasteiger partial charge >= 0.3 is 0 Å². The number of oxime groups is 1. The van der Waals surface area contributed by atoms with Crippen LogP contribution in [0.5, 0.6) is 11.5 Å². The third kappa shape index (κ3) is 9.31. The summed E-state index contributed by atoms with van der Waals surface area (Å²) in [4.78, 5) is 18.9. The lowest BCUT2D eigenvalue weighted by Crippen LogP contribution is -2.64. The molecule has 0 bridgehead atoms. The van der Waals surface area contributed by atoms with Gasteiger partial charge in [-0.25, -0.2) is 0 Å². The van der Waals surface area contributed by atoms with E-state index in [1.54, 1.807) is 23.9 Å². The number of allylic oxidation sites excluding steroid dienone is 1. The number of anilines is 1. The highest BCUT2D eigenvalue weighted by molar-refractivity contribution is 8.00. The molecule has 9 nitrogen and oxygen atoms in total. The molecule has 3 aliphatic rings. The molecule has 0 unspecified atom stereocenters. The largest absolute Gasteiger partial charge is 0.490 e. The van der Waals surface area contributed by atoms with Gasteiger partial charge in [-0.2, -0.15) is 0 Å². The summed E-state index contributed by atoms with van der Waals surface area (Å²) in [6, 6.07) is 13.9. The lowest BCUT2D eigenvalue weighted by molar-refractivity contribution is -0.223. The number of fused-ring (bicyclic) bond motifs is 2. The lowest BCUT2D eigenvalue weighted by atomic mass is 9.56. The number of carbonyl (C=O) groups excluding carboxylic acids is 1. The third-order valence-corrected chi connectivity index (χ3v) is 11.2. The van der Waals surface area contributed by atoms with Gasteiger partial charge in [0.1, 0.15) is 23.7 Å². The van der Waals surface area contributed by atoms with Gasteiger partial charge in [-0.05, 0) is 106 Å². The minimum Gasteiger partial charge on any atom is -0.490 e. The Bertz CT molecular complexity index is 1600. The van der Waals surface area contributed by atoms with Crippen LogP contribution in [0.25, 0.3) is 0 Å². The van der Waals surface area contributed by atoms with Crippen LogP contribution in [0.3, 0.4) is 0 Å². The highest BCUT2D eigenvalue weighted by Gasteiger charge is 2.64. The predicted octanol–water partition coefficient (Wildman–Crippen LogP) is 8.43. The molecule has 0 saturated heterocycles. The highest BCUT2D eigenvalue weighted by atomic mass is 32.2. The zero-order valence-corrected chi connectivity index (χ0v) is 32.0. The van der Waals surface area contributed by atoms with Crippen LogP contribution in [0.4, 0.5) is 5.69 Å². The maximum absolute atomic E-state index is 11.7. The van der Waals surface area contributed by atoms with Crippen LogP contribution in [0.2, 0.25) is 0 Å². The smallest absolute Gasteiger partial charge is 0.231 e. The van der Waals surface area contributed by atoms with Crippen LogP contribution in [0, 0.1) is 17.8 Å². The van der Waals surface area contributed by atoms with Gasteiger partial charge in [0, 0.05) is 48.6 Å². The molecular formula is C42H56N2O7S. The van der Waals surface area contributed by atoms with Crippen molar-refractivity contribution in [1.82, 2.24) is 0 Å². The number of carbonyl (C=O) groups is 1. The van der Waals surface area contributed by atoms with Crippen molar-refractivity contribution in [2.24, 2.45) is 22.9 Å². The molecule has 5 rings (SSSR count). The quantitative estimate of drug-likeness (QED) is 0.0794. The molecule has 2 aromatic carbocycles. The fourth-order valence-electron chi connectivity index (χ4n) is 7.85. The number of thioether (sulfide) groups is 1. The first-order valence-corrected chi connectivity index (χ1v) is 19.5. The second kappa shape index (κ2) is 18.0. The topological polar surface area (TPSA) is 119 Å². The van der Waals surface area contributed by atoms with E-state index in [9.17, 15) is 15.0 Å². The van der Waals surface area contributed by atoms with E-state index in [4.69, 9.17) is 24.2 Å². The molecule has 1 fully saturated rings. The van der Waals surface area contributed by atoms with E-state index in [0.717, 1.165) is 77.5 Å². The van der Waals surface area contributed by atoms with Crippen LogP contribution in [-0.4, -0.2) is 64.9 Å². The number of aliphatic hydroxyl groups excluding tert-OH is 2. The van der Waals surface area contributed by atoms with Gasteiger partial charge in [-0.15, -0.1) is 18.3 Å². The van der Waals surface area contributed by atoms with E-state index in [-0.39, 0.29) is 54.6 Å². The molecule has 0 aromatic heterocycles.